The molecule has 0 aromatic heterocycles. The third-order valence-electron chi connectivity index (χ3n) is 1.48. The van der Waals surface area contributed by atoms with E-state index in [4.69, 9.17) is 4.74 Å². The van der Waals surface area contributed by atoms with Crippen LogP contribution in [0.5, 0.6) is 5.75 Å². The average Bonchev–Trinajstić information content (AvgIpc) is 2.21. The van der Waals surface area contributed by atoms with Crippen molar-refractivity contribution in [2.45, 2.75) is 0 Å². The van der Waals surface area contributed by atoms with Crippen LogP contribution in [0.4, 0.5) is 0 Å². The van der Waals surface area contributed by atoms with Crippen LogP contribution in [0, 0.1) is 0 Å². The fraction of sp³-hybridized carbons (Fsp3) is 0. The van der Waals surface area contributed by atoms with Gasteiger partial charge in [0.2, 0.25) is 0 Å². The maximum absolute atomic E-state index is 10.1. The summed E-state index contributed by atoms with van der Waals surface area (Å²) in [5, 5.41) is 0. The minimum atomic E-state index is 0.305. The lowest BCUT2D eigenvalue weighted by Gasteiger charge is -2.00. The first kappa shape index (κ1) is 9.98. The number of ether oxygens (including phenoxy) is 2. The van der Waals surface area contributed by atoms with Gasteiger partial charge in [0.1, 0.15) is 5.75 Å². The van der Waals surface area contributed by atoms with E-state index in [9.17, 15) is 9.59 Å². The Morgan fingerprint density at radius 1 is 1.07 bits per heavy atom. The summed E-state index contributed by atoms with van der Waals surface area (Å²) in [6, 6.07) is 6.87. The van der Waals surface area contributed by atoms with Crippen molar-refractivity contribution in [1.82, 2.24) is 0 Å². The first-order valence-electron chi connectivity index (χ1n) is 3.83. The fourth-order valence-corrected chi connectivity index (χ4v) is 0.922. The molecule has 1 aromatic carbocycles. The van der Waals surface area contributed by atoms with Crippen LogP contribution in [0.25, 0.3) is 6.08 Å². The monoisotopic (exact) mass is 192 g/mol. The van der Waals surface area contributed by atoms with Crippen LogP contribution < -0.4 is 4.74 Å². The first-order valence-corrected chi connectivity index (χ1v) is 3.83. The predicted octanol–water partition coefficient (Wildman–Crippen LogP) is 1.37. The van der Waals surface area contributed by atoms with E-state index in [0.717, 1.165) is 0 Å². The number of carbonyl (C=O) groups is 2. The Hall–Kier alpha value is -2.10. The summed E-state index contributed by atoms with van der Waals surface area (Å²) in [6.45, 7) is 0.646. The Balaban J connectivity index is 2.83. The summed E-state index contributed by atoms with van der Waals surface area (Å²) >= 11 is 0. The van der Waals surface area contributed by atoms with Gasteiger partial charge in [0, 0.05) is 5.56 Å². The lowest BCUT2D eigenvalue weighted by Crippen LogP contribution is -1.90. The molecule has 0 saturated heterocycles. The van der Waals surface area contributed by atoms with Crippen molar-refractivity contribution in [1.29, 1.82) is 0 Å². The Kier molecular flexibility index (Phi) is 3.94. The van der Waals surface area contributed by atoms with Gasteiger partial charge in [-0.1, -0.05) is 18.2 Å². The highest BCUT2D eigenvalue weighted by atomic mass is 16.5. The fourth-order valence-electron chi connectivity index (χ4n) is 0.922. The lowest BCUT2D eigenvalue weighted by molar-refractivity contribution is -0.124. The normalized spacial score (nSPS) is 9.71. The average molecular weight is 192 g/mol. The van der Waals surface area contributed by atoms with Crippen LogP contribution in [0.2, 0.25) is 0 Å². The number of hydrogen-bond donors (Lipinski definition) is 0. The van der Waals surface area contributed by atoms with E-state index >= 15 is 0 Å². The van der Waals surface area contributed by atoms with Crippen molar-refractivity contribution in [3.8, 4) is 5.75 Å². The highest BCUT2D eigenvalue weighted by Gasteiger charge is 1.97. The van der Waals surface area contributed by atoms with Gasteiger partial charge in [0.15, 0.2) is 0 Å². The van der Waals surface area contributed by atoms with Crippen LogP contribution in [0.15, 0.2) is 30.5 Å². The molecule has 0 radical (unpaired) electrons. The molecule has 0 amide bonds. The number of rotatable bonds is 5. The second-order valence-electron chi connectivity index (χ2n) is 2.29. The van der Waals surface area contributed by atoms with Crippen molar-refractivity contribution < 1.29 is 19.1 Å². The van der Waals surface area contributed by atoms with Crippen molar-refractivity contribution in [3.05, 3.63) is 36.1 Å². The molecule has 14 heavy (non-hydrogen) atoms. The maximum atomic E-state index is 10.1. The van der Waals surface area contributed by atoms with Gasteiger partial charge in [-0.3, -0.25) is 9.59 Å². The zero-order valence-corrected chi connectivity index (χ0v) is 7.25. The molecule has 0 fully saturated rings. The zero-order chi connectivity index (χ0) is 10.2. The lowest BCUT2D eigenvalue weighted by atomic mass is 10.2. The summed E-state index contributed by atoms with van der Waals surface area (Å²) in [5.41, 5.74) is 0.654. The van der Waals surface area contributed by atoms with Crippen LogP contribution in [0.3, 0.4) is 0 Å². The second-order valence-corrected chi connectivity index (χ2v) is 2.29. The Morgan fingerprint density at radius 2 is 1.86 bits per heavy atom. The molecule has 0 aliphatic carbocycles. The van der Waals surface area contributed by atoms with Gasteiger partial charge in [0.25, 0.3) is 12.9 Å². The summed E-state index contributed by atoms with van der Waals surface area (Å²) in [5.74, 6) is 0.410. The molecule has 0 aliphatic rings. The van der Waals surface area contributed by atoms with Crippen molar-refractivity contribution >= 4 is 19.0 Å². The zero-order valence-electron chi connectivity index (χ0n) is 7.25. The van der Waals surface area contributed by atoms with E-state index in [1.165, 1.54) is 12.3 Å². The predicted molar refractivity (Wildman–Crippen MR) is 49.3 cm³/mol. The topological polar surface area (TPSA) is 52.6 Å². The highest BCUT2D eigenvalue weighted by molar-refractivity contribution is 5.60. The molecule has 0 bridgehead atoms. The second kappa shape index (κ2) is 5.53. The minimum Gasteiger partial charge on any atom is -0.437 e. The van der Waals surface area contributed by atoms with E-state index in [1.807, 2.05) is 0 Å². The SMILES string of the molecule is O=COC=Cc1ccccc1OC=O. The first-order chi connectivity index (χ1) is 6.88. The molecule has 0 aliphatic heterocycles. The molecule has 0 heterocycles. The van der Waals surface area contributed by atoms with E-state index < -0.39 is 0 Å². The molecule has 72 valence electrons. The Labute approximate surface area is 80.8 Å². The third-order valence-corrected chi connectivity index (χ3v) is 1.48. The summed E-state index contributed by atoms with van der Waals surface area (Å²) < 4.78 is 9.06. The van der Waals surface area contributed by atoms with Gasteiger partial charge in [-0.25, -0.2) is 0 Å². The molecule has 0 unspecified atom stereocenters. The van der Waals surface area contributed by atoms with Gasteiger partial charge in [-0.15, -0.1) is 0 Å². The highest BCUT2D eigenvalue weighted by Crippen LogP contribution is 2.18. The van der Waals surface area contributed by atoms with E-state index in [2.05, 4.69) is 4.74 Å². The van der Waals surface area contributed by atoms with Crippen molar-refractivity contribution in [2.75, 3.05) is 0 Å². The summed E-state index contributed by atoms with van der Waals surface area (Å²) in [6.07, 6.45) is 2.73. The molecule has 4 heteroatoms. The van der Waals surface area contributed by atoms with E-state index in [-0.39, 0.29) is 0 Å². The number of benzene rings is 1. The van der Waals surface area contributed by atoms with Gasteiger partial charge < -0.3 is 9.47 Å². The molecule has 1 rings (SSSR count). The summed E-state index contributed by atoms with van der Waals surface area (Å²) in [4.78, 5) is 20.0. The van der Waals surface area contributed by atoms with E-state index in [0.29, 0.717) is 24.3 Å². The molecule has 0 saturated carbocycles. The van der Waals surface area contributed by atoms with Gasteiger partial charge in [0.05, 0.1) is 6.26 Å². The molecular formula is C10H8O4. The third kappa shape index (κ3) is 2.75. The van der Waals surface area contributed by atoms with Gasteiger partial charge >= 0.3 is 0 Å². The molecule has 0 N–H and O–H groups in total. The number of para-hydroxylation sites is 1. The smallest absolute Gasteiger partial charge is 0.298 e. The standard InChI is InChI=1S/C10H8O4/c11-7-13-6-5-9-3-1-2-4-10(9)14-8-12/h1-8H. The maximum Gasteiger partial charge on any atom is 0.298 e. The molecule has 0 spiro atoms. The Morgan fingerprint density at radius 3 is 2.57 bits per heavy atom. The van der Waals surface area contributed by atoms with Gasteiger partial charge in [-0.2, -0.15) is 0 Å². The molecule has 1 aromatic rings. The summed E-state index contributed by atoms with van der Waals surface area (Å²) in [7, 11) is 0. The van der Waals surface area contributed by atoms with Crippen LogP contribution in [-0.2, 0) is 14.3 Å². The molecule has 4 nitrogen and oxygen atoms in total. The van der Waals surface area contributed by atoms with Crippen LogP contribution >= 0.6 is 0 Å². The van der Waals surface area contributed by atoms with Gasteiger partial charge in [-0.05, 0) is 12.1 Å². The van der Waals surface area contributed by atoms with Crippen LogP contribution in [-0.4, -0.2) is 12.9 Å². The van der Waals surface area contributed by atoms with Crippen molar-refractivity contribution in [2.24, 2.45) is 0 Å². The minimum absolute atomic E-state index is 0.305. The quantitative estimate of drug-likeness (QED) is 0.522. The molecular weight excluding hydrogens is 184 g/mol. The molecule has 0 atom stereocenters. The number of hydrogen-bond acceptors (Lipinski definition) is 4. The van der Waals surface area contributed by atoms with Crippen molar-refractivity contribution in [3.63, 3.8) is 0 Å². The largest absolute Gasteiger partial charge is 0.437 e. The Bertz CT molecular complexity index is 344. The van der Waals surface area contributed by atoms with Crippen LogP contribution in [0.1, 0.15) is 5.56 Å². The van der Waals surface area contributed by atoms with E-state index in [1.54, 1.807) is 24.3 Å². The number of carbonyl (C=O) groups excluding carboxylic acids is 2.